The zero-order valence-electron chi connectivity index (χ0n) is 23.8. The number of amides is 2. The van der Waals surface area contributed by atoms with Gasteiger partial charge in [-0.3, -0.25) is 13.9 Å². The number of anilines is 1. The summed E-state index contributed by atoms with van der Waals surface area (Å²) in [6.07, 6.45) is 0.250. The van der Waals surface area contributed by atoms with Crippen molar-refractivity contribution in [3.8, 4) is 0 Å². The lowest BCUT2D eigenvalue weighted by Crippen LogP contribution is -2.53. The molecule has 0 aliphatic heterocycles. The highest BCUT2D eigenvalue weighted by atomic mass is 35.5. The minimum absolute atomic E-state index is 0.0411. The lowest BCUT2D eigenvalue weighted by Gasteiger charge is -2.33. The van der Waals surface area contributed by atoms with Crippen LogP contribution < -0.4 is 9.62 Å². The number of rotatable bonds is 11. The molecule has 9 heteroatoms. The Morgan fingerprint density at radius 1 is 0.833 bits per heavy atom. The third-order valence-corrected chi connectivity index (χ3v) is 9.24. The largest absolute Gasteiger partial charge is 0.357 e. The number of aryl methyl sites for hydroxylation is 2. The van der Waals surface area contributed by atoms with E-state index in [4.69, 9.17) is 11.6 Å². The molecule has 0 saturated heterocycles. The first kappa shape index (κ1) is 30.8. The first-order valence-electron chi connectivity index (χ1n) is 13.5. The van der Waals surface area contributed by atoms with E-state index in [9.17, 15) is 18.0 Å². The number of nitrogens with one attached hydrogen (secondary N) is 1. The van der Waals surface area contributed by atoms with Crippen molar-refractivity contribution >= 4 is 39.1 Å². The van der Waals surface area contributed by atoms with Crippen LogP contribution in [-0.2, 0) is 32.6 Å². The maximum atomic E-state index is 14.3. The zero-order chi connectivity index (χ0) is 30.3. The van der Waals surface area contributed by atoms with E-state index in [0.29, 0.717) is 5.02 Å². The normalized spacial score (nSPS) is 11.9. The van der Waals surface area contributed by atoms with Crippen molar-refractivity contribution < 1.29 is 18.0 Å². The number of benzene rings is 4. The first-order chi connectivity index (χ1) is 20.1. The molecule has 0 aliphatic carbocycles. The van der Waals surface area contributed by atoms with Crippen LogP contribution in [0.25, 0.3) is 0 Å². The van der Waals surface area contributed by atoms with Gasteiger partial charge in [-0.15, -0.1) is 0 Å². The number of halogens is 1. The van der Waals surface area contributed by atoms with E-state index in [0.717, 1.165) is 26.6 Å². The molecule has 4 aromatic carbocycles. The minimum atomic E-state index is -4.19. The molecule has 218 valence electrons. The molecule has 0 bridgehead atoms. The van der Waals surface area contributed by atoms with Crippen LogP contribution in [0, 0.1) is 13.8 Å². The van der Waals surface area contributed by atoms with Gasteiger partial charge in [-0.25, -0.2) is 8.42 Å². The molecule has 0 radical (unpaired) electrons. The van der Waals surface area contributed by atoms with Gasteiger partial charge in [-0.2, -0.15) is 0 Å². The molecule has 0 saturated carbocycles. The Morgan fingerprint density at radius 3 is 2.00 bits per heavy atom. The molecule has 1 atom stereocenters. The molecule has 0 fully saturated rings. The molecule has 2 amide bonds. The number of likely N-dealkylation sites (N-methyl/N-ethyl adjacent to an activating group) is 1. The summed E-state index contributed by atoms with van der Waals surface area (Å²) in [5, 5.41) is 3.06. The lowest BCUT2D eigenvalue weighted by molar-refractivity contribution is -0.139. The summed E-state index contributed by atoms with van der Waals surface area (Å²) in [6, 6.07) is 29.1. The van der Waals surface area contributed by atoms with Crippen LogP contribution in [0.5, 0.6) is 0 Å². The van der Waals surface area contributed by atoms with Crippen molar-refractivity contribution in [1.29, 1.82) is 0 Å². The third-order valence-electron chi connectivity index (χ3n) is 7.04. The fourth-order valence-corrected chi connectivity index (χ4v) is 6.18. The van der Waals surface area contributed by atoms with Gasteiger partial charge in [-0.1, -0.05) is 96.0 Å². The van der Waals surface area contributed by atoms with E-state index in [-0.39, 0.29) is 29.5 Å². The van der Waals surface area contributed by atoms with E-state index < -0.39 is 28.5 Å². The van der Waals surface area contributed by atoms with Crippen LogP contribution in [-0.4, -0.2) is 44.8 Å². The molecule has 4 aromatic rings. The average Bonchev–Trinajstić information content (AvgIpc) is 2.99. The van der Waals surface area contributed by atoms with Crippen LogP contribution >= 0.6 is 11.6 Å². The molecule has 4 rings (SSSR count). The molecule has 1 N–H and O–H groups in total. The molecule has 0 spiro atoms. The van der Waals surface area contributed by atoms with Crippen LogP contribution in [0.15, 0.2) is 108 Å². The Labute approximate surface area is 252 Å². The summed E-state index contributed by atoms with van der Waals surface area (Å²) >= 11 is 6.41. The van der Waals surface area contributed by atoms with Crippen molar-refractivity contribution in [2.24, 2.45) is 0 Å². The first-order valence-corrected chi connectivity index (χ1v) is 15.4. The van der Waals surface area contributed by atoms with Gasteiger partial charge in [0.05, 0.1) is 10.6 Å². The number of hydrogen-bond donors (Lipinski definition) is 1. The second-order valence-electron chi connectivity index (χ2n) is 10.1. The van der Waals surface area contributed by atoms with Gasteiger partial charge in [0.25, 0.3) is 10.0 Å². The van der Waals surface area contributed by atoms with Crippen LogP contribution in [0.4, 0.5) is 5.69 Å². The topological polar surface area (TPSA) is 86.8 Å². The second-order valence-corrected chi connectivity index (χ2v) is 12.4. The lowest BCUT2D eigenvalue weighted by atomic mass is 10.0. The predicted octanol–water partition coefficient (Wildman–Crippen LogP) is 5.54. The Bertz CT molecular complexity index is 1630. The quantitative estimate of drug-likeness (QED) is 0.244. The van der Waals surface area contributed by atoms with Gasteiger partial charge >= 0.3 is 0 Å². The highest BCUT2D eigenvalue weighted by Gasteiger charge is 2.34. The van der Waals surface area contributed by atoms with Crippen molar-refractivity contribution in [2.45, 2.75) is 37.8 Å². The fourth-order valence-electron chi connectivity index (χ4n) is 4.60. The van der Waals surface area contributed by atoms with E-state index >= 15 is 0 Å². The molecule has 0 heterocycles. The minimum Gasteiger partial charge on any atom is -0.357 e. The Balaban J connectivity index is 1.79. The third kappa shape index (κ3) is 7.38. The van der Waals surface area contributed by atoms with Crippen LogP contribution in [0.1, 0.15) is 22.3 Å². The Morgan fingerprint density at radius 2 is 1.43 bits per heavy atom. The van der Waals surface area contributed by atoms with Gasteiger partial charge in [0.2, 0.25) is 11.8 Å². The second kappa shape index (κ2) is 13.7. The number of carbonyl (C=O) groups excluding carboxylic acids is 2. The number of hydrogen-bond acceptors (Lipinski definition) is 4. The maximum Gasteiger partial charge on any atom is 0.264 e. The van der Waals surface area contributed by atoms with Crippen molar-refractivity contribution in [2.75, 3.05) is 17.9 Å². The standard InChI is InChI=1S/C33H34ClN3O4S/c1-24-14-18-29(19-15-24)42(40,41)37(28-17-16-25(2)30(34)21-28)23-32(38)36(22-27-12-8-5-9-13-27)31(33(39)35-3)20-26-10-6-4-7-11-26/h4-19,21,31H,20,22-23H2,1-3H3,(H,35,39). The monoisotopic (exact) mass is 603 g/mol. The summed E-state index contributed by atoms with van der Waals surface area (Å²) in [5.74, 6) is -0.884. The van der Waals surface area contributed by atoms with E-state index in [1.165, 1.54) is 30.1 Å². The molecule has 1 unspecified atom stereocenters. The Kier molecular flexibility index (Phi) is 10.0. The smallest absolute Gasteiger partial charge is 0.264 e. The van der Waals surface area contributed by atoms with Crippen molar-refractivity contribution in [3.63, 3.8) is 0 Å². The highest BCUT2D eigenvalue weighted by molar-refractivity contribution is 7.92. The van der Waals surface area contributed by atoms with Crippen LogP contribution in [0.2, 0.25) is 5.02 Å². The van der Waals surface area contributed by atoms with E-state index in [1.807, 2.05) is 74.5 Å². The van der Waals surface area contributed by atoms with Gasteiger partial charge in [-0.05, 0) is 54.8 Å². The molecule has 7 nitrogen and oxygen atoms in total. The molecular weight excluding hydrogens is 570 g/mol. The zero-order valence-corrected chi connectivity index (χ0v) is 25.4. The summed E-state index contributed by atoms with van der Waals surface area (Å²) < 4.78 is 29.1. The maximum absolute atomic E-state index is 14.3. The summed E-state index contributed by atoms with van der Waals surface area (Å²) in [7, 11) is -2.66. The van der Waals surface area contributed by atoms with Gasteiger partial charge < -0.3 is 10.2 Å². The van der Waals surface area contributed by atoms with Gasteiger partial charge in [0, 0.05) is 25.0 Å². The molecule has 42 heavy (non-hydrogen) atoms. The summed E-state index contributed by atoms with van der Waals surface area (Å²) in [6.45, 7) is 3.25. The van der Waals surface area contributed by atoms with Crippen molar-refractivity contribution in [1.82, 2.24) is 10.2 Å². The van der Waals surface area contributed by atoms with Crippen molar-refractivity contribution in [3.05, 3.63) is 130 Å². The van der Waals surface area contributed by atoms with Gasteiger partial charge in [0.1, 0.15) is 12.6 Å². The predicted molar refractivity (Wildman–Crippen MR) is 167 cm³/mol. The average molecular weight is 604 g/mol. The highest BCUT2D eigenvalue weighted by Crippen LogP contribution is 2.29. The Hall–Kier alpha value is -4.14. The summed E-state index contributed by atoms with van der Waals surface area (Å²) in [5.41, 5.74) is 3.59. The number of nitrogens with zero attached hydrogens (tertiary/aromatic N) is 2. The van der Waals surface area contributed by atoms with Crippen LogP contribution in [0.3, 0.4) is 0 Å². The van der Waals surface area contributed by atoms with E-state index in [2.05, 4.69) is 5.32 Å². The summed E-state index contributed by atoms with van der Waals surface area (Å²) in [4.78, 5) is 29.1. The van der Waals surface area contributed by atoms with E-state index in [1.54, 1.807) is 24.3 Å². The molecule has 0 aromatic heterocycles. The SMILES string of the molecule is CNC(=O)C(Cc1ccccc1)N(Cc1ccccc1)C(=O)CN(c1ccc(C)c(Cl)c1)S(=O)(=O)c1ccc(C)cc1. The number of carbonyl (C=O) groups is 2. The van der Waals surface area contributed by atoms with Gasteiger partial charge in [0.15, 0.2) is 0 Å². The molecular formula is C33H34ClN3O4S. The molecule has 0 aliphatic rings. The number of sulfonamides is 1. The fraction of sp³-hybridized carbons (Fsp3) is 0.212.